The number of hydrogen-bond acceptors (Lipinski definition) is 11. The number of hydrogen-bond donors (Lipinski definition) is 4. The van der Waals surface area contributed by atoms with E-state index in [1.165, 1.54) is 27.4 Å². The minimum atomic E-state index is -0.794. The lowest BCUT2D eigenvalue weighted by molar-refractivity contribution is 0.394. The van der Waals surface area contributed by atoms with Crippen LogP contribution in [-0.4, -0.2) is 70.2 Å². The van der Waals surface area contributed by atoms with Crippen molar-refractivity contribution in [1.29, 1.82) is 0 Å². The van der Waals surface area contributed by atoms with Crippen molar-refractivity contribution in [3.63, 3.8) is 0 Å². The molecule has 0 amide bonds. The summed E-state index contributed by atoms with van der Waals surface area (Å²) in [4.78, 5) is 0. The molecule has 7 aromatic rings. The monoisotopic (exact) mass is 952 g/mol. The molecular formula is C60H56O11. The fraction of sp³-hybridized carbons (Fsp3) is 0.200. The lowest BCUT2D eigenvalue weighted by Gasteiger charge is -2.30. The highest BCUT2D eigenvalue weighted by atomic mass is 16.5. The highest BCUT2D eigenvalue weighted by Crippen LogP contribution is 2.52. The second-order valence-electron chi connectivity index (χ2n) is 17.0. The Kier molecular flexibility index (Phi) is 14.7. The molecule has 4 atom stereocenters. The van der Waals surface area contributed by atoms with Crippen LogP contribution in [0.15, 0.2) is 157 Å². The minimum Gasteiger partial charge on any atom is -0.508 e. The Bertz CT molecular complexity index is 3110. The molecule has 0 saturated carbocycles. The largest absolute Gasteiger partial charge is 0.508 e. The number of allylic oxidation sites excluding steroid dienone is 3. The van der Waals surface area contributed by atoms with Crippen LogP contribution in [0.2, 0.25) is 0 Å². The minimum absolute atomic E-state index is 0.0462. The van der Waals surface area contributed by atoms with Gasteiger partial charge in [-0.15, -0.1) is 6.42 Å². The number of fused-ring (bicyclic) bond motifs is 6. The number of terminal acetylenes is 1. The van der Waals surface area contributed by atoms with Crippen molar-refractivity contribution in [2.24, 2.45) is 0 Å². The van der Waals surface area contributed by atoms with Crippen molar-refractivity contribution in [3.8, 4) is 69.8 Å². The van der Waals surface area contributed by atoms with Gasteiger partial charge in [-0.25, -0.2) is 0 Å². The van der Waals surface area contributed by atoms with E-state index >= 15 is 0 Å². The van der Waals surface area contributed by atoms with Gasteiger partial charge in [0.05, 0.1) is 49.8 Å². The van der Waals surface area contributed by atoms with Gasteiger partial charge in [0.15, 0.2) is 0 Å². The summed E-state index contributed by atoms with van der Waals surface area (Å²) in [5.41, 5.74) is 6.71. The molecule has 362 valence electrons. The number of aliphatic hydroxyl groups is 1. The summed E-state index contributed by atoms with van der Waals surface area (Å²) in [6.07, 6.45) is 9.37. The van der Waals surface area contributed by atoms with Crippen LogP contribution in [0.4, 0.5) is 0 Å². The molecule has 4 N–H and O–H groups in total. The van der Waals surface area contributed by atoms with Gasteiger partial charge in [0.25, 0.3) is 0 Å². The molecule has 0 fully saturated rings. The molecule has 4 unspecified atom stereocenters. The van der Waals surface area contributed by atoms with Gasteiger partial charge < -0.3 is 53.6 Å². The number of aliphatic hydroxyl groups excluding tert-OH is 1. The van der Waals surface area contributed by atoms with Crippen molar-refractivity contribution in [1.82, 2.24) is 0 Å². The van der Waals surface area contributed by atoms with Gasteiger partial charge in [-0.1, -0.05) is 60.5 Å². The van der Waals surface area contributed by atoms with Crippen LogP contribution in [0.5, 0.6) is 57.5 Å². The molecule has 0 spiro atoms. The quantitative estimate of drug-likeness (QED) is 0.0686. The summed E-state index contributed by atoms with van der Waals surface area (Å²) in [6, 6.07) is 40.6. The fourth-order valence-electron chi connectivity index (χ4n) is 9.78. The van der Waals surface area contributed by atoms with Crippen LogP contribution < -0.4 is 33.2 Å². The summed E-state index contributed by atoms with van der Waals surface area (Å²) in [7, 11) is 11.0. The Hall–Kier alpha value is -8.62. The maximum atomic E-state index is 12.4. The number of phenolic OH excluding ortho intramolecular Hbond substituents is 3. The third kappa shape index (κ3) is 9.70. The Morgan fingerprint density at radius 2 is 0.761 bits per heavy atom. The molecule has 7 aromatic carbocycles. The molecule has 6 bridgehead atoms. The van der Waals surface area contributed by atoms with Crippen LogP contribution in [0, 0.1) is 12.3 Å². The van der Waals surface area contributed by atoms with Gasteiger partial charge >= 0.3 is 0 Å². The normalized spacial score (nSPS) is 17.4. The Morgan fingerprint density at radius 3 is 1.11 bits per heavy atom. The lowest BCUT2D eigenvalue weighted by atomic mass is 9.75. The molecule has 0 aromatic heterocycles. The van der Waals surface area contributed by atoms with Crippen LogP contribution in [0.1, 0.15) is 85.7 Å². The second kappa shape index (κ2) is 21.3. The molecule has 11 heteroatoms. The van der Waals surface area contributed by atoms with Crippen LogP contribution in [0.3, 0.4) is 0 Å². The van der Waals surface area contributed by atoms with Gasteiger partial charge in [-0.2, -0.15) is 0 Å². The van der Waals surface area contributed by atoms with E-state index in [1.807, 2.05) is 121 Å². The van der Waals surface area contributed by atoms with Gasteiger partial charge in [0, 0.05) is 86.9 Å². The maximum absolute atomic E-state index is 12.4. The van der Waals surface area contributed by atoms with Crippen molar-refractivity contribution < 1.29 is 53.6 Å². The van der Waals surface area contributed by atoms with Crippen molar-refractivity contribution in [2.45, 2.75) is 30.1 Å². The number of benzene rings is 7. The SMILES string of the molecule is C#C/C=C(O)\C1=C/CC(c2ccc(OC)cc2)c2cc(c(OC)cc2O)C(c2ccc(OC)cc2)c2cc(c(OC)cc2O)C(c2ccc(OC)cc2)c2cc(c(OC)cc2O)C1c1ccc(OC)cc1. The summed E-state index contributed by atoms with van der Waals surface area (Å²) >= 11 is 0. The summed E-state index contributed by atoms with van der Waals surface area (Å²) in [5.74, 6) is 2.74. The zero-order valence-electron chi connectivity index (χ0n) is 40.6. The van der Waals surface area contributed by atoms with Crippen LogP contribution >= 0.6 is 0 Å². The molecule has 1 aliphatic rings. The first kappa shape index (κ1) is 48.8. The summed E-state index contributed by atoms with van der Waals surface area (Å²) in [5, 5.41) is 49.4. The number of rotatable bonds is 12. The summed E-state index contributed by atoms with van der Waals surface area (Å²) in [6.45, 7) is 0. The fourth-order valence-corrected chi connectivity index (χ4v) is 9.78. The average Bonchev–Trinajstić information content (AvgIpc) is 3.40. The third-order valence-corrected chi connectivity index (χ3v) is 13.3. The predicted octanol–water partition coefficient (Wildman–Crippen LogP) is 11.9. The van der Waals surface area contributed by atoms with Gasteiger partial charge in [0.2, 0.25) is 0 Å². The Morgan fingerprint density at radius 1 is 0.437 bits per heavy atom. The number of phenols is 3. The van der Waals surface area contributed by atoms with E-state index in [9.17, 15) is 20.4 Å². The van der Waals surface area contributed by atoms with E-state index in [1.54, 1.807) is 46.6 Å². The molecular weight excluding hydrogens is 897 g/mol. The number of aromatic hydroxyl groups is 3. The molecule has 0 radical (unpaired) electrons. The van der Waals surface area contributed by atoms with E-state index in [4.69, 9.17) is 39.6 Å². The molecule has 8 rings (SSSR count). The molecule has 0 aliphatic heterocycles. The topological polar surface area (TPSA) is 146 Å². The van der Waals surface area contributed by atoms with Gasteiger partial charge in [0.1, 0.15) is 63.3 Å². The maximum Gasteiger partial charge on any atom is 0.127 e. The second-order valence-corrected chi connectivity index (χ2v) is 17.0. The van der Waals surface area contributed by atoms with Crippen molar-refractivity contribution >= 4 is 0 Å². The number of ether oxygens (including phenoxy) is 7. The first-order chi connectivity index (χ1) is 34.5. The molecule has 0 saturated heterocycles. The first-order valence-corrected chi connectivity index (χ1v) is 22.8. The van der Waals surface area contributed by atoms with E-state index < -0.39 is 23.7 Å². The lowest BCUT2D eigenvalue weighted by Crippen LogP contribution is -2.14. The third-order valence-electron chi connectivity index (χ3n) is 13.3. The van der Waals surface area contributed by atoms with Crippen molar-refractivity contribution in [3.05, 3.63) is 213 Å². The van der Waals surface area contributed by atoms with Gasteiger partial charge in [-0.05, 0) is 95.4 Å². The van der Waals surface area contributed by atoms with E-state index in [2.05, 4.69) is 5.92 Å². The smallest absolute Gasteiger partial charge is 0.127 e. The molecule has 11 nitrogen and oxygen atoms in total. The number of methoxy groups -OCH3 is 7. The highest BCUT2D eigenvalue weighted by molar-refractivity contribution is 5.66. The zero-order chi connectivity index (χ0) is 50.3. The van der Waals surface area contributed by atoms with Gasteiger partial charge in [-0.3, -0.25) is 0 Å². The van der Waals surface area contributed by atoms with E-state index in [-0.39, 0.29) is 29.4 Å². The highest BCUT2D eigenvalue weighted by Gasteiger charge is 2.35. The standard InChI is InChI=1S/C60H56O11/c1-9-10-51(61)44-28-27-43(35-11-19-39(65-2)20-12-35)45-29-48(55(69-6)32-52(45)62)59(37-15-23-41(67-4)24-16-37)47-31-50(57(71-8)34-54(47)64)60(38-17-25-42(68-5)26-18-38)46-30-49(56(70-7)33-53(46)63)58(44)36-13-21-40(66-3)22-14-36/h1,10-26,28-34,43,58-64H,27H2,2-8H3/b44-28+,51-10+. The Labute approximate surface area is 414 Å². The predicted molar refractivity (Wildman–Crippen MR) is 274 cm³/mol. The van der Waals surface area contributed by atoms with Crippen LogP contribution in [-0.2, 0) is 0 Å². The zero-order valence-corrected chi connectivity index (χ0v) is 40.6. The molecule has 1 aliphatic carbocycles. The average molecular weight is 953 g/mol. The van der Waals surface area contributed by atoms with E-state index in [0.29, 0.717) is 79.2 Å². The van der Waals surface area contributed by atoms with Crippen LogP contribution in [0.25, 0.3) is 0 Å². The molecule has 71 heavy (non-hydrogen) atoms. The first-order valence-electron chi connectivity index (χ1n) is 22.8. The summed E-state index contributed by atoms with van der Waals surface area (Å²) < 4.78 is 40.8. The van der Waals surface area contributed by atoms with Crippen molar-refractivity contribution in [2.75, 3.05) is 49.8 Å². The van der Waals surface area contributed by atoms with E-state index in [0.717, 1.165) is 22.3 Å². The molecule has 0 heterocycles. The Balaban J connectivity index is 1.58.